The van der Waals surface area contributed by atoms with Gasteiger partial charge in [0.2, 0.25) is 0 Å². The molecule has 0 aromatic carbocycles. The molecule has 0 bridgehead atoms. The van der Waals surface area contributed by atoms with E-state index in [1.165, 1.54) is 0 Å². The fraction of sp³-hybridized carbons (Fsp3) is 0.584. The van der Waals surface area contributed by atoms with Gasteiger partial charge in [-0.15, -0.1) is 0 Å². The van der Waals surface area contributed by atoms with Crippen molar-refractivity contribution in [3.05, 3.63) is 207 Å². The van der Waals surface area contributed by atoms with Gasteiger partial charge >= 0.3 is 33.6 Å². The first-order chi connectivity index (χ1) is 52.2. The predicted molar refractivity (Wildman–Crippen MR) is 444 cm³/mol. The first-order valence-electron chi connectivity index (χ1n) is 40.4. The van der Waals surface area contributed by atoms with Gasteiger partial charge in [-0.05, 0) is 167 Å². The lowest BCUT2D eigenvalue weighted by Crippen LogP contribution is -2.30. The molecule has 0 heterocycles. The maximum atomic E-state index is 13.0. The van der Waals surface area contributed by atoms with Gasteiger partial charge in [0.1, 0.15) is 25.4 Å². The molecule has 604 valence electrons. The molecule has 0 aromatic rings. The lowest BCUT2D eigenvalue weighted by molar-refractivity contribution is -0.161. The molecule has 5 unspecified atom stereocenters. The summed E-state index contributed by atoms with van der Waals surface area (Å²) in [6.45, 7) is 2.26. The Balaban J connectivity index is 4.77. The summed E-state index contributed by atoms with van der Waals surface area (Å²) >= 11 is 0. The number of rotatable bonds is 74. The van der Waals surface area contributed by atoms with Crippen LogP contribution < -0.4 is 0 Å². The predicted octanol–water partition coefficient (Wildman–Crippen LogP) is 24.1. The van der Waals surface area contributed by atoms with E-state index < -0.39 is 91.5 Å². The third-order valence-electron chi connectivity index (χ3n) is 16.0. The summed E-state index contributed by atoms with van der Waals surface area (Å²) in [6.07, 6.45) is 106. The summed E-state index contributed by atoms with van der Waals surface area (Å²) in [4.78, 5) is 58.8. The van der Waals surface area contributed by atoms with E-state index in [0.717, 1.165) is 218 Å². The van der Waals surface area contributed by atoms with Crippen molar-refractivity contribution in [2.75, 3.05) is 39.6 Å². The minimum atomic E-state index is -4.96. The maximum absolute atomic E-state index is 13.0. The number of ether oxygens (including phenoxy) is 3. The largest absolute Gasteiger partial charge is 0.472 e. The van der Waals surface area contributed by atoms with E-state index in [2.05, 4.69) is 227 Å². The Hall–Kier alpha value is -5.87. The maximum Gasteiger partial charge on any atom is 0.472 e. The second-order valence-corrected chi connectivity index (χ2v) is 29.0. The Kier molecular flexibility index (Phi) is 75.3. The zero-order valence-electron chi connectivity index (χ0n) is 66.0. The van der Waals surface area contributed by atoms with Crippen LogP contribution in [0.25, 0.3) is 0 Å². The molecule has 0 aromatic heterocycles. The molecule has 18 heteroatoms. The molecule has 107 heavy (non-hydrogen) atoms. The number of esters is 3. The molecule has 5 atom stereocenters. The van der Waals surface area contributed by atoms with Crippen LogP contribution >= 0.6 is 15.6 Å². The van der Waals surface area contributed by atoms with Crippen molar-refractivity contribution < 1.29 is 75.8 Å². The summed E-state index contributed by atoms with van der Waals surface area (Å²) in [6, 6.07) is 0. The fourth-order valence-electron chi connectivity index (χ4n) is 9.96. The molecule has 0 amide bonds. The SMILES string of the molecule is CC/C=C\C/C=C\C/C=C\C/C=C\C/C=C\C/C=C\CCCCCCCCC(=O)OCC(O)COP(=O)(O)OCC(O)COP(=O)(O)OCC(COC(=O)CCCCCCCC/C=C\C/C=C\C/C=C\C/C=C\C/C=C\C/C=C\CC)OC(=O)CCCCCCC/C=C\C/C=C\C/C=C\C/C=C\C/C=C\CC. The topological polar surface area (TPSA) is 231 Å². The molecule has 0 saturated carbocycles. The minimum Gasteiger partial charge on any atom is -0.463 e. The normalized spacial score (nSPS) is 15.0. The number of carbonyl (C=O) groups is 3. The Bertz CT molecular complexity index is 2770. The Morgan fingerprint density at radius 3 is 0.738 bits per heavy atom. The highest BCUT2D eigenvalue weighted by Crippen LogP contribution is 2.45. The van der Waals surface area contributed by atoms with Crippen molar-refractivity contribution in [2.24, 2.45) is 0 Å². The van der Waals surface area contributed by atoms with E-state index in [-0.39, 0.29) is 19.3 Å². The van der Waals surface area contributed by atoms with Gasteiger partial charge in [0.05, 0.1) is 26.4 Å². The number of allylic oxidation sites excluding steroid dienone is 34. The number of aliphatic hydroxyl groups excluding tert-OH is 2. The third-order valence-corrected chi connectivity index (χ3v) is 17.9. The van der Waals surface area contributed by atoms with Gasteiger partial charge in [-0.2, -0.15) is 0 Å². The fourth-order valence-corrected chi connectivity index (χ4v) is 11.5. The monoisotopic (exact) mass is 1530 g/mol. The van der Waals surface area contributed by atoms with Crippen LogP contribution in [-0.4, -0.2) is 95.9 Å². The molecule has 16 nitrogen and oxygen atoms in total. The summed E-state index contributed by atoms with van der Waals surface area (Å²) in [5.74, 6) is -1.64. The van der Waals surface area contributed by atoms with Crippen LogP contribution in [0, 0.1) is 0 Å². The molecule has 0 saturated heterocycles. The van der Waals surface area contributed by atoms with Crippen molar-refractivity contribution >= 4 is 33.6 Å². The van der Waals surface area contributed by atoms with Crippen molar-refractivity contribution in [2.45, 2.75) is 296 Å². The lowest BCUT2D eigenvalue weighted by Gasteiger charge is -2.21. The average Bonchev–Trinajstić information content (AvgIpc) is 0.904. The quantitative estimate of drug-likeness (QED) is 0.0146. The summed E-state index contributed by atoms with van der Waals surface area (Å²) in [5.41, 5.74) is 0. The van der Waals surface area contributed by atoms with Crippen LogP contribution in [-0.2, 0) is 55.8 Å². The van der Waals surface area contributed by atoms with Gasteiger partial charge in [0, 0.05) is 19.3 Å². The van der Waals surface area contributed by atoms with E-state index in [1.807, 2.05) is 0 Å². The van der Waals surface area contributed by atoms with E-state index >= 15 is 0 Å². The zero-order chi connectivity index (χ0) is 78.0. The average molecular weight is 1530 g/mol. The van der Waals surface area contributed by atoms with Crippen LogP contribution in [0.1, 0.15) is 278 Å². The van der Waals surface area contributed by atoms with Crippen molar-refractivity contribution in [1.82, 2.24) is 0 Å². The molecule has 0 aliphatic rings. The first kappa shape index (κ1) is 101. The summed E-state index contributed by atoms with van der Waals surface area (Å²) in [5, 5.41) is 20.7. The molecule has 0 aliphatic carbocycles. The number of phosphoric acid groups is 2. The second kappa shape index (κ2) is 79.7. The molecular formula is C89H142O16P2. The summed E-state index contributed by atoms with van der Waals surface area (Å²) < 4.78 is 61.2. The van der Waals surface area contributed by atoms with Gasteiger partial charge in [-0.1, -0.05) is 298 Å². The van der Waals surface area contributed by atoms with Gasteiger partial charge in [-0.25, -0.2) is 9.13 Å². The molecular weight excluding hydrogens is 1390 g/mol. The summed E-state index contributed by atoms with van der Waals surface area (Å²) in [7, 11) is -9.83. The zero-order valence-corrected chi connectivity index (χ0v) is 67.8. The lowest BCUT2D eigenvalue weighted by atomic mass is 10.1. The van der Waals surface area contributed by atoms with Crippen molar-refractivity contribution in [1.29, 1.82) is 0 Å². The molecule has 0 spiro atoms. The Morgan fingerprint density at radius 2 is 0.467 bits per heavy atom. The molecule has 0 radical (unpaired) electrons. The smallest absolute Gasteiger partial charge is 0.463 e. The highest BCUT2D eigenvalue weighted by atomic mass is 31.2. The Labute approximate surface area is 648 Å². The number of hydrogen-bond donors (Lipinski definition) is 4. The van der Waals surface area contributed by atoms with E-state index in [0.29, 0.717) is 19.3 Å². The first-order valence-corrected chi connectivity index (χ1v) is 43.4. The van der Waals surface area contributed by atoms with Gasteiger partial charge in [0.15, 0.2) is 6.10 Å². The Morgan fingerprint density at radius 1 is 0.262 bits per heavy atom. The van der Waals surface area contributed by atoms with E-state index in [1.54, 1.807) is 0 Å². The van der Waals surface area contributed by atoms with Gasteiger partial charge in [-0.3, -0.25) is 32.5 Å². The number of aliphatic hydroxyl groups is 2. The molecule has 4 N–H and O–H groups in total. The number of carbonyl (C=O) groups excluding carboxylic acids is 3. The second-order valence-electron chi connectivity index (χ2n) is 26.1. The van der Waals surface area contributed by atoms with Crippen molar-refractivity contribution in [3.63, 3.8) is 0 Å². The highest BCUT2D eigenvalue weighted by molar-refractivity contribution is 7.47. The number of unbranched alkanes of at least 4 members (excludes halogenated alkanes) is 17. The van der Waals surface area contributed by atoms with E-state index in [9.17, 15) is 43.5 Å². The third kappa shape index (κ3) is 81.0. The van der Waals surface area contributed by atoms with Crippen LogP contribution in [0.15, 0.2) is 207 Å². The standard InChI is InChI=1S/C89H142O16P2/c1-4-7-10-13-16-19-22-25-28-31-34-37-39-41-43-46-48-51-54-57-60-63-66-69-72-75-87(92)99-78-84(90)79-101-106(95,96)102-80-85(91)81-103-107(97,98)104-83-86(105-89(94)77-74-71-68-65-62-59-56-53-50-45-36-33-30-27-24-21-18-15-12-9-6-3)82-100-88(93)76-73-70-67-64-61-58-55-52-49-47-44-42-40-38-35-32-29-26-23-20-17-14-11-8-5-2/h7-12,16-21,25-30,34-38,41-45,48-49,51-53,56,84-86,90-91H,4-6,13-15,22-24,31-33,39-40,46-47,50,54-55,57-83H2,1-3H3,(H,95,96)(H,97,98)/b10-7-,11-8-,12-9-,19-16-,20-17-,21-18-,28-25-,29-26-,30-27-,37-34-,38-35-,43-41-,44-42-,45-36-,51-48-,52-49-,56-53-. The van der Waals surface area contributed by atoms with Crippen LogP contribution in [0.4, 0.5) is 0 Å². The van der Waals surface area contributed by atoms with Crippen LogP contribution in [0.2, 0.25) is 0 Å². The minimum absolute atomic E-state index is 0.0692. The highest BCUT2D eigenvalue weighted by Gasteiger charge is 2.29. The molecule has 0 fully saturated rings. The van der Waals surface area contributed by atoms with E-state index in [4.69, 9.17) is 32.3 Å². The van der Waals surface area contributed by atoms with Crippen LogP contribution in [0.5, 0.6) is 0 Å². The number of hydrogen-bond acceptors (Lipinski definition) is 14. The number of phosphoric ester groups is 2. The van der Waals surface area contributed by atoms with Gasteiger partial charge in [0.25, 0.3) is 0 Å². The molecule has 0 rings (SSSR count). The molecule has 0 aliphatic heterocycles. The van der Waals surface area contributed by atoms with Crippen molar-refractivity contribution in [3.8, 4) is 0 Å². The van der Waals surface area contributed by atoms with Gasteiger partial charge < -0.3 is 34.2 Å². The van der Waals surface area contributed by atoms with Crippen LogP contribution in [0.3, 0.4) is 0 Å².